The number of amides is 1. The van der Waals surface area contributed by atoms with Crippen LogP contribution in [0.15, 0.2) is 18.2 Å². The average molecular weight is 259 g/mol. The van der Waals surface area contributed by atoms with E-state index in [1.165, 1.54) is 6.07 Å². The van der Waals surface area contributed by atoms with E-state index < -0.39 is 13.0 Å². The third kappa shape index (κ3) is 4.67. The van der Waals surface area contributed by atoms with Crippen molar-refractivity contribution in [2.45, 2.75) is 13.3 Å². The molecular weight excluding hydrogens is 244 g/mol. The summed E-state index contributed by atoms with van der Waals surface area (Å²) in [4.78, 5) is 11.6. The van der Waals surface area contributed by atoms with Crippen LogP contribution in [0, 0.1) is 6.92 Å². The lowest BCUT2D eigenvalue weighted by Crippen LogP contribution is -2.27. The normalized spacial score (nSPS) is 10.7. The van der Waals surface area contributed by atoms with Gasteiger partial charge in [0.05, 0.1) is 6.61 Å². The highest BCUT2D eigenvalue weighted by Gasteiger charge is 2.07. The van der Waals surface area contributed by atoms with Gasteiger partial charge in [-0.2, -0.15) is 0 Å². The molecular formula is C12H15F2NO3. The molecule has 0 spiro atoms. The predicted molar refractivity (Wildman–Crippen MR) is 62.0 cm³/mol. The van der Waals surface area contributed by atoms with Crippen LogP contribution in [0.1, 0.15) is 15.9 Å². The first-order valence-corrected chi connectivity index (χ1v) is 5.44. The number of aryl methyl sites for hydroxylation is 1. The second-order valence-electron chi connectivity index (χ2n) is 3.72. The number of benzene rings is 1. The lowest BCUT2D eigenvalue weighted by Gasteiger charge is -2.07. The van der Waals surface area contributed by atoms with E-state index in [2.05, 4.69) is 10.1 Å². The summed E-state index contributed by atoms with van der Waals surface area (Å²) < 4.78 is 28.1. The molecule has 1 aromatic rings. The second kappa shape index (κ2) is 6.90. The van der Waals surface area contributed by atoms with Gasteiger partial charge in [-0.3, -0.25) is 4.79 Å². The zero-order valence-corrected chi connectivity index (χ0v) is 9.95. The first kappa shape index (κ1) is 14.4. The van der Waals surface area contributed by atoms with E-state index in [0.717, 1.165) is 0 Å². The van der Waals surface area contributed by atoms with Crippen LogP contribution < -0.4 is 5.32 Å². The van der Waals surface area contributed by atoms with Crippen LogP contribution in [-0.4, -0.2) is 37.2 Å². The van der Waals surface area contributed by atoms with E-state index in [0.29, 0.717) is 11.1 Å². The molecule has 0 unspecified atom stereocenters. The lowest BCUT2D eigenvalue weighted by atomic mass is 10.1. The Hall–Kier alpha value is -1.69. The van der Waals surface area contributed by atoms with Crippen molar-refractivity contribution in [2.24, 2.45) is 0 Å². The maximum absolute atomic E-state index is 11.7. The molecule has 100 valence electrons. The summed E-state index contributed by atoms with van der Waals surface area (Å²) in [5, 5.41) is 11.9. The molecule has 1 amide bonds. The van der Waals surface area contributed by atoms with Gasteiger partial charge in [0, 0.05) is 12.1 Å². The summed E-state index contributed by atoms with van der Waals surface area (Å²) >= 11 is 0. The van der Waals surface area contributed by atoms with Crippen LogP contribution in [0.25, 0.3) is 0 Å². The fraction of sp³-hybridized carbons (Fsp3) is 0.417. The number of aromatic hydroxyl groups is 1. The highest BCUT2D eigenvalue weighted by atomic mass is 19.3. The van der Waals surface area contributed by atoms with Gasteiger partial charge >= 0.3 is 0 Å². The van der Waals surface area contributed by atoms with Crippen molar-refractivity contribution < 1.29 is 23.4 Å². The van der Waals surface area contributed by atoms with Crippen molar-refractivity contribution in [1.82, 2.24) is 5.32 Å². The molecule has 1 aromatic carbocycles. The largest absolute Gasteiger partial charge is 0.508 e. The molecule has 0 heterocycles. The van der Waals surface area contributed by atoms with Crippen LogP contribution in [0.3, 0.4) is 0 Å². The zero-order valence-electron chi connectivity index (χ0n) is 9.95. The summed E-state index contributed by atoms with van der Waals surface area (Å²) in [5.41, 5.74) is 0.985. The Morgan fingerprint density at radius 2 is 2.22 bits per heavy atom. The smallest absolute Gasteiger partial charge is 0.261 e. The minimum atomic E-state index is -2.50. The highest BCUT2D eigenvalue weighted by molar-refractivity contribution is 5.94. The zero-order chi connectivity index (χ0) is 13.5. The van der Waals surface area contributed by atoms with E-state index in [4.69, 9.17) is 0 Å². The molecule has 0 bridgehead atoms. The number of rotatable bonds is 6. The highest BCUT2D eigenvalue weighted by Crippen LogP contribution is 2.17. The van der Waals surface area contributed by atoms with E-state index in [1.54, 1.807) is 19.1 Å². The van der Waals surface area contributed by atoms with E-state index in [-0.39, 0.29) is 24.8 Å². The van der Waals surface area contributed by atoms with Gasteiger partial charge in [-0.15, -0.1) is 0 Å². The number of nitrogens with one attached hydrogen (secondary N) is 1. The summed E-state index contributed by atoms with van der Waals surface area (Å²) in [7, 11) is 0. The molecule has 0 radical (unpaired) electrons. The molecule has 1 rings (SSSR count). The predicted octanol–water partition coefficient (Wildman–Crippen LogP) is 1.71. The number of halogens is 2. The summed E-state index contributed by atoms with van der Waals surface area (Å²) in [6, 6.07) is 4.55. The van der Waals surface area contributed by atoms with Gasteiger partial charge < -0.3 is 15.2 Å². The van der Waals surface area contributed by atoms with E-state index in [1.807, 2.05) is 0 Å². The van der Waals surface area contributed by atoms with Crippen LogP contribution in [0.5, 0.6) is 5.75 Å². The Morgan fingerprint density at radius 1 is 1.50 bits per heavy atom. The monoisotopic (exact) mass is 259 g/mol. The summed E-state index contributed by atoms with van der Waals surface area (Å²) in [6.45, 7) is 1.24. The van der Waals surface area contributed by atoms with Crippen LogP contribution in [-0.2, 0) is 4.74 Å². The molecule has 0 aliphatic carbocycles. The van der Waals surface area contributed by atoms with Crippen LogP contribution >= 0.6 is 0 Å². The van der Waals surface area contributed by atoms with Crippen molar-refractivity contribution in [2.75, 3.05) is 19.8 Å². The molecule has 2 N–H and O–H groups in total. The molecule has 0 atom stereocenters. The summed E-state index contributed by atoms with van der Waals surface area (Å²) in [6.07, 6.45) is -2.50. The first-order chi connectivity index (χ1) is 8.50. The molecule has 0 aliphatic rings. The van der Waals surface area contributed by atoms with Gasteiger partial charge in [0.1, 0.15) is 12.4 Å². The average Bonchev–Trinajstić information content (AvgIpc) is 2.31. The third-order valence-corrected chi connectivity index (χ3v) is 2.25. The number of hydrogen-bond donors (Lipinski definition) is 2. The number of phenols is 1. The fourth-order valence-corrected chi connectivity index (χ4v) is 1.26. The SMILES string of the molecule is Cc1ccc(C(=O)NCCOCC(F)F)cc1O. The quantitative estimate of drug-likeness (QED) is 0.765. The van der Waals surface area contributed by atoms with Gasteiger partial charge in [0.2, 0.25) is 0 Å². The van der Waals surface area contributed by atoms with Gasteiger partial charge in [0.25, 0.3) is 12.3 Å². The van der Waals surface area contributed by atoms with Gasteiger partial charge in [-0.25, -0.2) is 8.78 Å². The number of ether oxygens (including phenoxy) is 1. The maximum Gasteiger partial charge on any atom is 0.261 e. The molecule has 0 saturated heterocycles. The van der Waals surface area contributed by atoms with Crippen molar-refractivity contribution in [3.63, 3.8) is 0 Å². The number of carbonyl (C=O) groups is 1. The molecule has 4 nitrogen and oxygen atoms in total. The maximum atomic E-state index is 11.7. The number of hydrogen-bond acceptors (Lipinski definition) is 3. The van der Waals surface area contributed by atoms with Crippen molar-refractivity contribution in [1.29, 1.82) is 0 Å². The Morgan fingerprint density at radius 3 is 2.83 bits per heavy atom. The van der Waals surface area contributed by atoms with Gasteiger partial charge in [0.15, 0.2) is 0 Å². The summed E-state index contributed by atoms with van der Waals surface area (Å²) in [5.74, 6) is -0.345. The molecule has 0 fully saturated rings. The Kier molecular flexibility index (Phi) is 5.51. The van der Waals surface area contributed by atoms with Gasteiger partial charge in [-0.1, -0.05) is 6.07 Å². The third-order valence-electron chi connectivity index (χ3n) is 2.25. The molecule has 6 heteroatoms. The van der Waals surface area contributed by atoms with E-state index in [9.17, 15) is 18.7 Å². The first-order valence-electron chi connectivity index (χ1n) is 5.44. The Labute approximate surface area is 104 Å². The Bertz CT molecular complexity index is 410. The second-order valence-corrected chi connectivity index (χ2v) is 3.72. The van der Waals surface area contributed by atoms with E-state index >= 15 is 0 Å². The van der Waals surface area contributed by atoms with Crippen molar-refractivity contribution >= 4 is 5.91 Å². The lowest BCUT2D eigenvalue weighted by molar-refractivity contribution is 0.0188. The van der Waals surface area contributed by atoms with Crippen LogP contribution in [0.2, 0.25) is 0 Å². The molecule has 0 aliphatic heterocycles. The topological polar surface area (TPSA) is 58.6 Å². The molecule has 18 heavy (non-hydrogen) atoms. The fourth-order valence-electron chi connectivity index (χ4n) is 1.26. The van der Waals surface area contributed by atoms with Crippen LogP contribution in [0.4, 0.5) is 8.78 Å². The number of carbonyl (C=O) groups excluding carboxylic acids is 1. The number of alkyl halides is 2. The van der Waals surface area contributed by atoms with Crippen molar-refractivity contribution in [3.05, 3.63) is 29.3 Å². The van der Waals surface area contributed by atoms with Gasteiger partial charge in [-0.05, 0) is 24.6 Å². The molecule has 0 saturated carbocycles. The number of phenolic OH excluding ortho intramolecular Hbond substituents is 1. The Balaban J connectivity index is 2.34. The minimum Gasteiger partial charge on any atom is -0.508 e. The standard InChI is InChI=1S/C12H15F2NO3/c1-8-2-3-9(6-10(8)16)12(17)15-4-5-18-7-11(13)14/h2-3,6,11,16H,4-5,7H2,1H3,(H,15,17). The van der Waals surface area contributed by atoms with Crippen molar-refractivity contribution in [3.8, 4) is 5.75 Å². The minimum absolute atomic E-state index is 0.0217. The molecule has 0 aromatic heterocycles.